The van der Waals surface area contributed by atoms with E-state index in [1.54, 1.807) is 0 Å². The average molecular weight is 227 g/mol. The van der Waals surface area contributed by atoms with Crippen LogP contribution in [0.2, 0.25) is 0 Å². The van der Waals surface area contributed by atoms with Gasteiger partial charge in [-0.25, -0.2) is 0 Å². The lowest BCUT2D eigenvalue weighted by Crippen LogP contribution is -2.47. The molecule has 1 saturated heterocycles. The molecule has 0 radical (unpaired) electrons. The van der Waals surface area contributed by atoms with Crippen molar-refractivity contribution in [1.29, 1.82) is 0 Å². The largest absolute Gasteiger partial charge is 0.339 e. The summed E-state index contributed by atoms with van der Waals surface area (Å²) in [5.74, 6) is 0.283. The molecule has 0 aromatic heterocycles. The molecule has 1 heterocycles. The first kappa shape index (κ1) is 13.5. The Kier molecular flexibility index (Phi) is 5.77. The lowest BCUT2D eigenvalue weighted by Gasteiger charge is -2.36. The Bertz CT molecular complexity index is 218. The first-order valence-corrected chi connectivity index (χ1v) is 6.24. The van der Waals surface area contributed by atoms with Gasteiger partial charge in [-0.05, 0) is 53.4 Å². The molecular weight excluding hydrogens is 202 g/mol. The zero-order chi connectivity index (χ0) is 12.0. The average Bonchev–Trinajstić information content (AvgIpc) is 2.25. The normalized spacial score (nSPS) is 21.5. The third kappa shape index (κ3) is 4.10. The highest BCUT2D eigenvalue weighted by molar-refractivity contribution is 5.78. The van der Waals surface area contributed by atoms with Gasteiger partial charge in [0.1, 0.15) is 0 Å². The first-order chi connectivity index (χ1) is 7.65. The van der Waals surface area contributed by atoms with Crippen molar-refractivity contribution in [3.8, 4) is 0 Å². The molecule has 0 bridgehead atoms. The maximum Gasteiger partial charge on any atom is 0.236 e. The van der Waals surface area contributed by atoms with Gasteiger partial charge in [-0.3, -0.25) is 4.79 Å². The van der Waals surface area contributed by atoms with Crippen LogP contribution in [-0.2, 0) is 4.79 Å². The number of carbonyl (C=O) groups is 1. The van der Waals surface area contributed by atoms with E-state index in [1.165, 1.54) is 12.8 Å². The summed E-state index contributed by atoms with van der Waals surface area (Å²) in [4.78, 5) is 16.1. The van der Waals surface area contributed by atoms with Gasteiger partial charge in [0, 0.05) is 12.6 Å². The summed E-state index contributed by atoms with van der Waals surface area (Å²) in [6.07, 6.45) is 4.67. The van der Waals surface area contributed by atoms with Crippen LogP contribution in [0.3, 0.4) is 0 Å². The maximum absolute atomic E-state index is 12.0. The van der Waals surface area contributed by atoms with E-state index < -0.39 is 0 Å². The fraction of sp³-hybridized carbons (Fsp3) is 0.917. The highest BCUT2D eigenvalue weighted by atomic mass is 16.2. The Labute approximate surface area is 99.0 Å². The number of nitrogens with one attached hydrogen (secondary N) is 1. The van der Waals surface area contributed by atoms with E-state index in [0.717, 1.165) is 25.9 Å². The molecular formula is C12H25N3O. The lowest BCUT2D eigenvalue weighted by atomic mass is 9.99. The molecule has 1 unspecified atom stereocenters. The fourth-order valence-corrected chi connectivity index (χ4v) is 2.30. The Morgan fingerprint density at radius 1 is 1.44 bits per heavy atom. The second-order valence-corrected chi connectivity index (χ2v) is 4.87. The van der Waals surface area contributed by atoms with Gasteiger partial charge in [-0.2, -0.15) is 0 Å². The third-order valence-electron chi connectivity index (χ3n) is 3.13. The van der Waals surface area contributed by atoms with Gasteiger partial charge in [-0.1, -0.05) is 0 Å². The summed E-state index contributed by atoms with van der Waals surface area (Å²) in [5.41, 5.74) is 0. The predicted octanol–water partition coefficient (Wildman–Crippen LogP) is 0.539. The number of rotatable bonds is 5. The van der Waals surface area contributed by atoms with Gasteiger partial charge < -0.3 is 15.1 Å². The Morgan fingerprint density at radius 3 is 2.81 bits per heavy atom. The van der Waals surface area contributed by atoms with Crippen molar-refractivity contribution in [2.45, 2.75) is 31.7 Å². The van der Waals surface area contributed by atoms with Crippen molar-refractivity contribution in [2.75, 3.05) is 40.8 Å². The number of carbonyl (C=O) groups excluding carboxylic acids is 1. The quantitative estimate of drug-likeness (QED) is 0.744. The predicted molar refractivity (Wildman–Crippen MR) is 66.4 cm³/mol. The van der Waals surface area contributed by atoms with Crippen LogP contribution in [-0.4, -0.2) is 62.5 Å². The van der Waals surface area contributed by atoms with Crippen LogP contribution in [0.25, 0.3) is 0 Å². The van der Waals surface area contributed by atoms with E-state index in [1.807, 2.05) is 26.0 Å². The van der Waals surface area contributed by atoms with Crippen LogP contribution in [0, 0.1) is 0 Å². The van der Waals surface area contributed by atoms with Crippen LogP contribution in [0.5, 0.6) is 0 Å². The molecule has 4 heteroatoms. The van der Waals surface area contributed by atoms with Crippen LogP contribution in [0.4, 0.5) is 0 Å². The van der Waals surface area contributed by atoms with Gasteiger partial charge in [0.2, 0.25) is 5.91 Å². The number of likely N-dealkylation sites (N-methyl/N-ethyl adjacent to an activating group) is 1. The van der Waals surface area contributed by atoms with Crippen molar-refractivity contribution >= 4 is 5.91 Å². The monoisotopic (exact) mass is 227 g/mol. The van der Waals surface area contributed by atoms with Crippen LogP contribution in [0.1, 0.15) is 25.7 Å². The van der Waals surface area contributed by atoms with Gasteiger partial charge in [-0.15, -0.1) is 0 Å². The van der Waals surface area contributed by atoms with Crippen molar-refractivity contribution < 1.29 is 4.79 Å². The smallest absolute Gasteiger partial charge is 0.236 e. The van der Waals surface area contributed by atoms with Crippen LogP contribution in [0.15, 0.2) is 0 Å². The molecule has 0 spiro atoms. The molecule has 1 N–H and O–H groups in total. The molecule has 0 aromatic carbocycles. The number of hydrogen-bond acceptors (Lipinski definition) is 3. The molecule has 1 atom stereocenters. The zero-order valence-corrected chi connectivity index (χ0v) is 10.8. The molecule has 0 aliphatic carbocycles. The number of nitrogens with zero attached hydrogens (tertiary/aromatic N) is 2. The minimum atomic E-state index is 0.283. The second kappa shape index (κ2) is 6.86. The standard InChI is InChI=1S/C12H25N3O/c1-13-8-7-11-6-4-5-9-15(11)12(16)10-14(2)3/h11,13H,4-10H2,1-3H3. The molecule has 0 aromatic rings. The van der Waals surface area contributed by atoms with Crippen molar-refractivity contribution in [3.63, 3.8) is 0 Å². The van der Waals surface area contributed by atoms with Crippen molar-refractivity contribution in [2.24, 2.45) is 0 Å². The minimum Gasteiger partial charge on any atom is -0.339 e. The number of piperidine rings is 1. The van der Waals surface area contributed by atoms with E-state index in [-0.39, 0.29) is 5.91 Å². The highest BCUT2D eigenvalue weighted by Gasteiger charge is 2.25. The molecule has 1 amide bonds. The van der Waals surface area contributed by atoms with Gasteiger partial charge in [0.05, 0.1) is 6.54 Å². The molecule has 94 valence electrons. The van der Waals surface area contributed by atoms with Gasteiger partial charge in [0.15, 0.2) is 0 Å². The molecule has 1 rings (SSSR count). The third-order valence-corrected chi connectivity index (χ3v) is 3.13. The molecule has 4 nitrogen and oxygen atoms in total. The van der Waals surface area contributed by atoms with E-state index >= 15 is 0 Å². The fourth-order valence-electron chi connectivity index (χ4n) is 2.30. The number of likely N-dealkylation sites (tertiary alicyclic amines) is 1. The number of hydrogen-bond donors (Lipinski definition) is 1. The number of amides is 1. The Balaban J connectivity index is 2.48. The van der Waals surface area contributed by atoms with E-state index in [0.29, 0.717) is 12.6 Å². The lowest BCUT2D eigenvalue weighted by molar-refractivity contribution is -0.135. The summed E-state index contributed by atoms with van der Waals surface area (Å²) in [7, 11) is 5.86. The van der Waals surface area contributed by atoms with Gasteiger partial charge in [0.25, 0.3) is 0 Å². The zero-order valence-electron chi connectivity index (χ0n) is 10.8. The summed E-state index contributed by atoms with van der Waals surface area (Å²) in [6.45, 7) is 2.48. The summed E-state index contributed by atoms with van der Waals surface area (Å²) in [6, 6.07) is 0.452. The second-order valence-electron chi connectivity index (χ2n) is 4.87. The van der Waals surface area contributed by atoms with Crippen LogP contribution < -0.4 is 5.32 Å². The van der Waals surface area contributed by atoms with Crippen molar-refractivity contribution in [1.82, 2.24) is 15.1 Å². The topological polar surface area (TPSA) is 35.6 Å². The SMILES string of the molecule is CNCCC1CCCCN1C(=O)CN(C)C. The first-order valence-electron chi connectivity index (χ1n) is 6.24. The molecule has 16 heavy (non-hydrogen) atoms. The molecule has 1 fully saturated rings. The highest BCUT2D eigenvalue weighted by Crippen LogP contribution is 2.19. The molecule has 1 aliphatic heterocycles. The van der Waals surface area contributed by atoms with E-state index in [4.69, 9.17) is 0 Å². The molecule has 0 saturated carbocycles. The summed E-state index contributed by atoms with van der Waals surface area (Å²) < 4.78 is 0. The van der Waals surface area contributed by atoms with E-state index in [9.17, 15) is 4.79 Å². The van der Waals surface area contributed by atoms with Crippen molar-refractivity contribution in [3.05, 3.63) is 0 Å². The van der Waals surface area contributed by atoms with Crippen LogP contribution >= 0.6 is 0 Å². The summed E-state index contributed by atoms with van der Waals surface area (Å²) >= 11 is 0. The maximum atomic E-state index is 12.0. The summed E-state index contributed by atoms with van der Waals surface area (Å²) in [5, 5.41) is 3.17. The Morgan fingerprint density at radius 2 is 2.19 bits per heavy atom. The Hall–Kier alpha value is -0.610. The van der Waals surface area contributed by atoms with Gasteiger partial charge >= 0.3 is 0 Å². The minimum absolute atomic E-state index is 0.283. The molecule has 1 aliphatic rings. The van der Waals surface area contributed by atoms with E-state index in [2.05, 4.69) is 10.2 Å².